The van der Waals surface area contributed by atoms with E-state index in [1.54, 1.807) is 0 Å². The summed E-state index contributed by atoms with van der Waals surface area (Å²) in [5.74, 6) is 2.88. The molecule has 0 saturated heterocycles. The number of nitrogens with one attached hydrogen (secondary N) is 1. The quantitative estimate of drug-likeness (QED) is 0.733. The number of carbonyl (C=O) groups excluding carboxylic acids is 1. The average Bonchev–Trinajstić information content (AvgIpc) is 2.14. The zero-order valence-electron chi connectivity index (χ0n) is 9.70. The highest BCUT2D eigenvalue weighted by molar-refractivity contribution is 5.81. The molecule has 0 aromatic carbocycles. The second-order valence-electron chi connectivity index (χ2n) is 5.29. The van der Waals surface area contributed by atoms with Gasteiger partial charge >= 0.3 is 0 Å². The van der Waals surface area contributed by atoms with Gasteiger partial charge in [0.1, 0.15) is 0 Å². The summed E-state index contributed by atoms with van der Waals surface area (Å²) in [6, 6.07) is -0.279. The van der Waals surface area contributed by atoms with Crippen molar-refractivity contribution in [3.05, 3.63) is 0 Å². The van der Waals surface area contributed by atoms with Crippen molar-refractivity contribution in [2.75, 3.05) is 6.54 Å². The maximum absolute atomic E-state index is 11.7. The minimum Gasteiger partial charge on any atom is -0.355 e. The van der Waals surface area contributed by atoms with Crippen LogP contribution < -0.4 is 11.1 Å². The van der Waals surface area contributed by atoms with Gasteiger partial charge in [0.05, 0.1) is 6.04 Å². The lowest BCUT2D eigenvalue weighted by molar-refractivity contribution is -0.126. The number of amides is 1. The van der Waals surface area contributed by atoms with Gasteiger partial charge in [0.2, 0.25) is 5.91 Å². The Kier molecular flexibility index (Phi) is 3.01. The molecule has 3 aliphatic carbocycles. The minimum atomic E-state index is -0.279. The Hall–Kier alpha value is -0.570. The molecule has 1 amide bonds. The van der Waals surface area contributed by atoms with Crippen molar-refractivity contribution < 1.29 is 4.79 Å². The predicted octanol–water partition coefficient (Wildman–Crippen LogP) is 1.13. The van der Waals surface area contributed by atoms with Gasteiger partial charge in [-0.25, -0.2) is 0 Å². The van der Waals surface area contributed by atoms with Crippen LogP contribution in [0.2, 0.25) is 0 Å². The molecule has 0 aromatic rings. The highest BCUT2D eigenvalue weighted by Crippen LogP contribution is 2.52. The molecule has 0 spiro atoms. The van der Waals surface area contributed by atoms with E-state index in [9.17, 15) is 4.79 Å². The summed E-state index contributed by atoms with van der Waals surface area (Å²) < 4.78 is 0. The molecular weight excluding hydrogens is 188 g/mol. The molecule has 2 bridgehead atoms. The summed E-state index contributed by atoms with van der Waals surface area (Å²) in [5, 5.41) is 2.83. The fourth-order valence-electron chi connectivity index (χ4n) is 3.26. The van der Waals surface area contributed by atoms with Crippen molar-refractivity contribution in [3.63, 3.8) is 0 Å². The van der Waals surface area contributed by atoms with Crippen LogP contribution in [0.4, 0.5) is 0 Å². The third kappa shape index (κ3) is 1.89. The first-order valence-electron chi connectivity index (χ1n) is 6.16. The fraction of sp³-hybridized carbons (Fsp3) is 0.917. The third-order valence-corrected chi connectivity index (χ3v) is 4.38. The number of carbonyl (C=O) groups is 1. The molecule has 0 aliphatic heterocycles. The second-order valence-corrected chi connectivity index (χ2v) is 5.29. The number of likely N-dealkylation sites (N-methyl/N-ethyl adjacent to an activating group) is 1. The van der Waals surface area contributed by atoms with Crippen LogP contribution in [0.15, 0.2) is 0 Å². The molecule has 0 aromatic heterocycles. The van der Waals surface area contributed by atoms with E-state index in [1.807, 2.05) is 6.92 Å². The van der Waals surface area contributed by atoms with E-state index in [2.05, 4.69) is 12.2 Å². The van der Waals surface area contributed by atoms with E-state index < -0.39 is 0 Å². The lowest BCUT2D eigenvalue weighted by Gasteiger charge is -2.51. The van der Waals surface area contributed by atoms with E-state index in [0.717, 1.165) is 24.2 Å². The van der Waals surface area contributed by atoms with Crippen molar-refractivity contribution >= 4 is 5.91 Å². The first-order valence-corrected chi connectivity index (χ1v) is 6.16. The first-order chi connectivity index (χ1) is 7.13. The Morgan fingerprint density at radius 3 is 2.60 bits per heavy atom. The lowest BCUT2D eigenvalue weighted by Crippen LogP contribution is -2.54. The number of rotatable bonds is 3. The standard InChI is InChI=1S/C12H22N2O/c1-3-14-12(15)11(13)10-4-7(2)8-5-9(10)6-8/h7-11H,3-6,13H2,1-2H3,(H,14,15)/t7-,8?,9?,10+,11-/m1/s1. The SMILES string of the molecule is CCNC(=O)[C@H](N)[C@H]1C[C@@H](C)C2CC1C2. The molecule has 15 heavy (non-hydrogen) atoms. The van der Waals surface area contributed by atoms with Crippen LogP contribution in [0.3, 0.4) is 0 Å². The van der Waals surface area contributed by atoms with Crippen LogP contribution in [-0.4, -0.2) is 18.5 Å². The lowest BCUT2D eigenvalue weighted by atomic mass is 9.54. The highest BCUT2D eigenvalue weighted by Gasteiger charge is 2.47. The Bertz CT molecular complexity index is 248. The number of hydrogen-bond acceptors (Lipinski definition) is 2. The highest BCUT2D eigenvalue weighted by atomic mass is 16.2. The zero-order valence-corrected chi connectivity index (χ0v) is 9.70. The van der Waals surface area contributed by atoms with E-state index in [-0.39, 0.29) is 11.9 Å². The molecule has 0 heterocycles. The second kappa shape index (κ2) is 4.12. The van der Waals surface area contributed by atoms with E-state index in [4.69, 9.17) is 5.73 Å². The number of fused-ring (bicyclic) bond motifs is 2. The Morgan fingerprint density at radius 1 is 1.40 bits per heavy atom. The molecular formula is C12H22N2O. The van der Waals surface area contributed by atoms with Crippen molar-refractivity contribution in [1.29, 1.82) is 0 Å². The maximum atomic E-state index is 11.7. The van der Waals surface area contributed by atoms with Gasteiger partial charge in [-0.2, -0.15) is 0 Å². The monoisotopic (exact) mass is 210 g/mol. The molecule has 86 valence electrons. The van der Waals surface area contributed by atoms with E-state index in [0.29, 0.717) is 12.5 Å². The van der Waals surface area contributed by atoms with Crippen molar-refractivity contribution in [3.8, 4) is 0 Å². The zero-order chi connectivity index (χ0) is 11.0. The third-order valence-electron chi connectivity index (χ3n) is 4.38. The molecule has 3 heteroatoms. The van der Waals surface area contributed by atoms with Gasteiger partial charge in [-0.1, -0.05) is 6.92 Å². The fourth-order valence-corrected chi connectivity index (χ4v) is 3.26. The van der Waals surface area contributed by atoms with Crippen molar-refractivity contribution in [1.82, 2.24) is 5.32 Å². The smallest absolute Gasteiger partial charge is 0.237 e. The summed E-state index contributed by atoms with van der Waals surface area (Å²) in [6.45, 7) is 4.92. The van der Waals surface area contributed by atoms with Crippen LogP contribution in [0.25, 0.3) is 0 Å². The van der Waals surface area contributed by atoms with Crippen molar-refractivity contribution in [2.24, 2.45) is 29.4 Å². The number of nitrogens with two attached hydrogens (primary N) is 1. The molecule has 0 unspecified atom stereocenters. The van der Waals surface area contributed by atoms with Crippen LogP contribution in [0.5, 0.6) is 0 Å². The molecule has 3 fully saturated rings. The molecule has 3 atom stereocenters. The maximum Gasteiger partial charge on any atom is 0.237 e. The Labute approximate surface area is 91.8 Å². The van der Waals surface area contributed by atoms with Crippen molar-refractivity contribution in [2.45, 2.75) is 39.2 Å². The summed E-state index contributed by atoms with van der Waals surface area (Å²) in [5.41, 5.74) is 6.04. The van der Waals surface area contributed by atoms with Crippen LogP contribution >= 0.6 is 0 Å². The van der Waals surface area contributed by atoms with Gasteiger partial charge in [0.25, 0.3) is 0 Å². The molecule has 3 saturated carbocycles. The first kappa shape index (κ1) is 10.9. The number of hydrogen-bond donors (Lipinski definition) is 2. The van der Waals surface area contributed by atoms with Gasteiger partial charge in [-0.15, -0.1) is 0 Å². The summed E-state index contributed by atoms with van der Waals surface area (Å²) >= 11 is 0. The summed E-state index contributed by atoms with van der Waals surface area (Å²) in [7, 11) is 0. The van der Waals surface area contributed by atoms with Gasteiger partial charge in [0.15, 0.2) is 0 Å². The topological polar surface area (TPSA) is 55.1 Å². The Morgan fingerprint density at radius 2 is 2.07 bits per heavy atom. The minimum absolute atomic E-state index is 0.0417. The Balaban J connectivity index is 1.94. The van der Waals surface area contributed by atoms with Crippen LogP contribution in [0.1, 0.15) is 33.1 Å². The van der Waals surface area contributed by atoms with Gasteiger partial charge in [-0.05, 0) is 49.9 Å². The predicted molar refractivity (Wildman–Crippen MR) is 60.1 cm³/mol. The van der Waals surface area contributed by atoms with Gasteiger partial charge in [0, 0.05) is 6.54 Å². The average molecular weight is 210 g/mol. The normalized spacial score (nSPS) is 40.5. The molecule has 3 rings (SSSR count). The molecule has 3 N–H and O–H groups in total. The van der Waals surface area contributed by atoms with Gasteiger partial charge in [-0.3, -0.25) is 4.79 Å². The van der Waals surface area contributed by atoms with E-state index in [1.165, 1.54) is 12.8 Å². The summed E-state index contributed by atoms with van der Waals surface area (Å²) in [4.78, 5) is 11.7. The van der Waals surface area contributed by atoms with E-state index >= 15 is 0 Å². The molecule has 0 radical (unpaired) electrons. The molecule has 3 aliphatic rings. The largest absolute Gasteiger partial charge is 0.355 e. The van der Waals surface area contributed by atoms with Crippen LogP contribution in [-0.2, 0) is 4.79 Å². The summed E-state index contributed by atoms with van der Waals surface area (Å²) in [6.07, 6.45) is 3.76. The molecule has 3 nitrogen and oxygen atoms in total. The van der Waals surface area contributed by atoms with Gasteiger partial charge < -0.3 is 11.1 Å². The van der Waals surface area contributed by atoms with Crippen LogP contribution in [0, 0.1) is 23.7 Å².